The predicted octanol–water partition coefficient (Wildman–Crippen LogP) is -0.440. The second-order valence-electron chi connectivity index (χ2n) is 5.46. The molecule has 1 aromatic heterocycles. The minimum Gasteiger partial charge on any atom is -0.548 e. The van der Waals surface area contributed by atoms with Crippen molar-refractivity contribution in [3.63, 3.8) is 0 Å². The van der Waals surface area contributed by atoms with E-state index < -0.39 is 17.9 Å². The summed E-state index contributed by atoms with van der Waals surface area (Å²) < 4.78 is 1.21. The van der Waals surface area contributed by atoms with Gasteiger partial charge in [-0.1, -0.05) is 17.3 Å². The highest BCUT2D eigenvalue weighted by molar-refractivity contribution is 7.98. The van der Waals surface area contributed by atoms with Crippen LogP contribution in [0.2, 0.25) is 0 Å². The van der Waals surface area contributed by atoms with Crippen molar-refractivity contribution in [1.82, 2.24) is 20.3 Å². The van der Waals surface area contributed by atoms with Crippen molar-refractivity contribution in [2.75, 3.05) is 12.0 Å². The Balaban J connectivity index is 1.89. The number of thioether (sulfide) groups is 1. The van der Waals surface area contributed by atoms with Crippen LogP contribution in [0.25, 0.3) is 10.9 Å². The average Bonchev–Trinajstić information content (AvgIpc) is 2.60. The molecular weight excluding hydrogens is 344 g/mol. The summed E-state index contributed by atoms with van der Waals surface area (Å²) in [7, 11) is 0. The number of carboxylic acid groups (broad SMARTS) is 1. The van der Waals surface area contributed by atoms with Gasteiger partial charge < -0.3 is 15.2 Å². The highest BCUT2D eigenvalue weighted by Gasteiger charge is 2.13. The van der Waals surface area contributed by atoms with Crippen molar-refractivity contribution in [3.8, 4) is 0 Å². The SMILES string of the molecule is CSCC[C@H](NC(=O)CCCn1nnc2ccccc2c1=O)C(=O)[O-]. The fourth-order valence-corrected chi connectivity index (χ4v) is 2.78. The number of hydrogen-bond donors (Lipinski definition) is 1. The van der Waals surface area contributed by atoms with Gasteiger partial charge in [-0.2, -0.15) is 11.8 Å². The minimum atomic E-state index is -1.29. The summed E-state index contributed by atoms with van der Waals surface area (Å²) in [5, 5.41) is 21.7. The summed E-state index contributed by atoms with van der Waals surface area (Å²) in [6, 6.07) is 5.90. The lowest BCUT2D eigenvalue weighted by atomic mass is 10.2. The molecule has 1 amide bonds. The van der Waals surface area contributed by atoms with Gasteiger partial charge in [-0.05, 0) is 37.0 Å². The summed E-state index contributed by atoms with van der Waals surface area (Å²) in [5.41, 5.74) is 0.255. The number of rotatable bonds is 9. The van der Waals surface area contributed by atoms with Gasteiger partial charge in [0.2, 0.25) is 5.91 Å². The molecule has 2 aromatic rings. The van der Waals surface area contributed by atoms with Crippen LogP contribution in [0, 0.1) is 0 Å². The molecule has 2 rings (SSSR count). The lowest BCUT2D eigenvalue weighted by Crippen LogP contribution is -2.48. The third-order valence-electron chi connectivity index (χ3n) is 3.63. The molecule has 0 saturated carbocycles. The van der Waals surface area contributed by atoms with E-state index in [4.69, 9.17) is 0 Å². The van der Waals surface area contributed by atoms with E-state index in [0.29, 0.717) is 29.5 Å². The van der Waals surface area contributed by atoms with Crippen LogP contribution in [0.5, 0.6) is 0 Å². The Morgan fingerprint density at radius 2 is 2.12 bits per heavy atom. The predicted molar refractivity (Wildman–Crippen MR) is 93.0 cm³/mol. The van der Waals surface area contributed by atoms with Crippen LogP contribution in [0.3, 0.4) is 0 Å². The van der Waals surface area contributed by atoms with E-state index >= 15 is 0 Å². The second kappa shape index (κ2) is 9.16. The highest BCUT2D eigenvalue weighted by Crippen LogP contribution is 2.04. The van der Waals surface area contributed by atoms with Crippen molar-refractivity contribution in [2.45, 2.75) is 31.8 Å². The van der Waals surface area contributed by atoms with Gasteiger partial charge in [-0.3, -0.25) is 9.59 Å². The zero-order valence-corrected chi connectivity index (χ0v) is 14.6. The first-order chi connectivity index (χ1) is 12.0. The van der Waals surface area contributed by atoms with E-state index in [1.54, 1.807) is 24.3 Å². The van der Waals surface area contributed by atoms with Gasteiger partial charge >= 0.3 is 0 Å². The molecule has 25 heavy (non-hydrogen) atoms. The Kier molecular flexibility index (Phi) is 6.93. The van der Waals surface area contributed by atoms with E-state index in [1.807, 2.05) is 6.26 Å². The van der Waals surface area contributed by atoms with E-state index in [-0.39, 0.29) is 18.5 Å². The molecule has 0 unspecified atom stereocenters. The lowest BCUT2D eigenvalue weighted by Gasteiger charge is -2.19. The molecule has 0 spiro atoms. The lowest BCUT2D eigenvalue weighted by molar-refractivity contribution is -0.308. The number of carboxylic acids is 1. The summed E-state index contributed by atoms with van der Waals surface area (Å²) in [6.45, 7) is 0.227. The van der Waals surface area contributed by atoms with E-state index in [1.165, 1.54) is 16.4 Å². The topological polar surface area (TPSA) is 117 Å². The molecule has 0 fully saturated rings. The Hall–Kier alpha value is -2.42. The Morgan fingerprint density at radius 1 is 1.36 bits per heavy atom. The van der Waals surface area contributed by atoms with Crippen molar-refractivity contribution in [2.24, 2.45) is 0 Å². The first-order valence-corrected chi connectivity index (χ1v) is 9.24. The van der Waals surface area contributed by atoms with Crippen molar-refractivity contribution in [1.29, 1.82) is 0 Å². The Bertz CT molecular complexity index is 808. The van der Waals surface area contributed by atoms with E-state index in [0.717, 1.165) is 0 Å². The number of amides is 1. The number of carbonyl (C=O) groups excluding carboxylic acids is 2. The number of fused-ring (bicyclic) bond motifs is 1. The summed E-state index contributed by atoms with van der Waals surface area (Å²) in [5.74, 6) is -1.07. The third-order valence-corrected chi connectivity index (χ3v) is 4.28. The minimum absolute atomic E-state index is 0.0873. The molecule has 0 saturated heterocycles. The van der Waals surface area contributed by atoms with Crippen LogP contribution < -0.4 is 16.0 Å². The largest absolute Gasteiger partial charge is 0.548 e. The third kappa shape index (κ3) is 5.28. The van der Waals surface area contributed by atoms with E-state index in [9.17, 15) is 19.5 Å². The maximum absolute atomic E-state index is 12.3. The maximum Gasteiger partial charge on any atom is 0.277 e. The zero-order valence-electron chi connectivity index (χ0n) is 13.8. The normalized spacial score (nSPS) is 12.0. The number of aliphatic carboxylic acids is 1. The quantitative estimate of drug-likeness (QED) is 0.642. The molecule has 0 aliphatic heterocycles. The summed E-state index contributed by atoms with van der Waals surface area (Å²) >= 11 is 1.50. The molecular formula is C16H19N4O4S-. The van der Waals surface area contributed by atoms with Crippen LogP contribution >= 0.6 is 11.8 Å². The number of benzene rings is 1. The maximum atomic E-state index is 12.3. The fourth-order valence-electron chi connectivity index (χ4n) is 2.31. The van der Waals surface area contributed by atoms with Gasteiger partial charge in [0, 0.05) is 13.0 Å². The first kappa shape index (κ1) is 18.9. The van der Waals surface area contributed by atoms with Crippen LogP contribution in [0.15, 0.2) is 29.1 Å². The molecule has 0 radical (unpaired) electrons. The molecule has 134 valence electrons. The van der Waals surface area contributed by atoms with Crippen molar-refractivity contribution in [3.05, 3.63) is 34.6 Å². The van der Waals surface area contributed by atoms with E-state index in [2.05, 4.69) is 15.6 Å². The number of aromatic nitrogens is 3. The van der Waals surface area contributed by atoms with Gasteiger partial charge in [-0.15, -0.1) is 5.10 Å². The first-order valence-electron chi connectivity index (χ1n) is 7.84. The molecule has 0 aliphatic carbocycles. The van der Waals surface area contributed by atoms with Gasteiger partial charge in [0.25, 0.3) is 5.56 Å². The number of nitrogens with one attached hydrogen (secondary N) is 1. The molecule has 8 nitrogen and oxygen atoms in total. The molecule has 1 aromatic carbocycles. The van der Waals surface area contributed by atoms with Crippen molar-refractivity contribution >= 4 is 34.5 Å². The average molecular weight is 363 g/mol. The number of hydrogen-bond acceptors (Lipinski definition) is 7. The number of nitrogens with zero attached hydrogens (tertiary/aromatic N) is 3. The standard InChI is InChI=1S/C16H20N4O4S/c1-25-10-8-13(16(23)24)17-14(21)7-4-9-20-15(22)11-5-2-3-6-12(11)18-19-20/h2-3,5-6,13H,4,7-10H2,1H3,(H,17,21)(H,23,24)/p-1/t13-/m0/s1. The molecule has 0 aliphatic rings. The number of aryl methyl sites for hydroxylation is 1. The van der Waals surface area contributed by atoms with Crippen LogP contribution in [-0.4, -0.2) is 44.9 Å². The van der Waals surface area contributed by atoms with Gasteiger partial charge in [-0.25, -0.2) is 4.68 Å². The van der Waals surface area contributed by atoms with Crippen molar-refractivity contribution < 1.29 is 14.7 Å². The monoisotopic (exact) mass is 363 g/mol. The van der Waals surface area contributed by atoms with Crippen LogP contribution in [0.4, 0.5) is 0 Å². The van der Waals surface area contributed by atoms with Crippen LogP contribution in [0.1, 0.15) is 19.3 Å². The molecule has 1 atom stereocenters. The van der Waals surface area contributed by atoms with Crippen LogP contribution in [-0.2, 0) is 16.1 Å². The summed E-state index contributed by atoms with van der Waals surface area (Å²) in [4.78, 5) is 35.1. The molecule has 9 heteroatoms. The zero-order chi connectivity index (χ0) is 18.2. The smallest absolute Gasteiger partial charge is 0.277 e. The van der Waals surface area contributed by atoms with Gasteiger partial charge in [0.15, 0.2) is 0 Å². The Labute approximate surface area is 148 Å². The molecule has 0 bridgehead atoms. The summed E-state index contributed by atoms with van der Waals surface area (Å²) in [6.07, 6.45) is 2.60. The van der Waals surface area contributed by atoms with Gasteiger partial charge in [0.1, 0.15) is 5.52 Å². The number of carbonyl (C=O) groups is 2. The Morgan fingerprint density at radius 3 is 2.84 bits per heavy atom. The highest BCUT2D eigenvalue weighted by atomic mass is 32.2. The molecule has 1 heterocycles. The second-order valence-corrected chi connectivity index (χ2v) is 6.44. The van der Waals surface area contributed by atoms with Gasteiger partial charge in [0.05, 0.1) is 17.4 Å². The molecule has 1 N–H and O–H groups in total. The fraction of sp³-hybridized carbons (Fsp3) is 0.438.